The first-order valence-electron chi connectivity index (χ1n) is 5.80. The number of carbonyl (C=O) groups excluding carboxylic acids is 1. The first-order valence-corrected chi connectivity index (χ1v) is 8.06. The second kappa shape index (κ2) is 5.69. The van der Waals surface area contributed by atoms with Gasteiger partial charge < -0.3 is 15.7 Å². The van der Waals surface area contributed by atoms with Crippen LogP contribution in [-0.4, -0.2) is 66.2 Å². The average Bonchev–Trinajstić information content (AvgIpc) is 2.96. The summed E-state index contributed by atoms with van der Waals surface area (Å²) in [7, 11) is -2.46. The van der Waals surface area contributed by atoms with Crippen molar-refractivity contribution in [2.75, 3.05) is 25.5 Å². The quantitative estimate of drug-likeness (QED) is 0.573. The van der Waals surface area contributed by atoms with E-state index in [2.05, 4.69) is 20.8 Å². The molecular formula is C9H15N5O4S2. The summed E-state index contributed by atoms with van der Waals surface area (Å²) in [4.78, 5) is 10.9. The Kier molecular flexibility index (Phi) is 4.34. The molecule has 2 heterocycles. The topological polar surface area (TPSA) is 125 Å². The van der Waals surface area contributed by atoms with Crippen LogP contribution < -0.4 is 10.6 Å². The molecule has 0 radical (unpaired) electrons. The summed E-state index contributed by atoms with van der Waals surface area (Å²) in [6, 6.07) is -0.548. The second-order valence-corrected chi connectivity index (χ2v) is 7.52. The van der Waals surface area contributed by atoms with Crippen LogP contribution in [0.5, 0.6) is 0 Å². The van der Waals surface area contributed by atoms with Crippen molar-refractivity contribution in [2.45, 2.75) is 23.4 Å². The zero-order chi connectivity index (χ0) is 14.9. The highest BCUT2D eigenvalue weighted by molar-refractivity contribution is 7.91. The highest BCUT2D eigenvalue weighted by Crippen LogP contribution is 2.24. The lowest BCUT2D eigenvalue weighted by Crippen LogP contribution is -2.44. The third-order valence-electron chi connectivity index (χ3n) is 2.91. The Morgan fingerprint density at radius 1 is 1.50 bits per heavy atom. The molecule has 1 aromatic heterocycles. The van der Waals surface area contributed by atoms with Crippen molar-refractivity contribution < 1.29 is 18.3 Å². The lowest BCUT2D eigenvalue weighted by molar-refractivity contribution is -0.114. The van der Waals surface area contributed by atoms with E-state index in [9.17, 15) is 18.3 Å². The summed E-state index contributed by atoms with van der Waals surface area (Å²) in [5.74, 6) is -0.353. The Hall–Kier alpha value is -1.14. The van der Waals surface area contributed by atoms with Crippen LogP contribution >= 0.6 is 11.3 Å². The van der Waals surface area contributed by atoms with Crippen molar-refractivity contribution in [3.05, 3.63) is 0 Å². The van der Waals surface area contributed by atoms with Crippen LogP contribution in [0.4, 0.5) is 5.13 Å². The Labute approximate surface area is 120 Å². The number of hydrogen-bond acceptors (Lipinski definition) is 8. The molecule has 0 unspecified atom stereocenters. The fourth-order valence-corrected chi connectivity index (χ4v) is 4.33. The molecule has 0 spiro atoms. The van der Waals surface area contributed by atoms with Crippen molar-refractivity contribution >= 4 is 32.4 Å². The number of anilines is 1. The first kappa shape index (κ1) is 15.3. The maximum absolute atomic E-state index is 12.3. The number of likely N-dealkylation sites (N-methyl/N-ethyl adjacent to an activating group) is 1. The lowest BCUT2D eigenvalue weighted by atomic mass is 10.2. The normalized spacial score (nSPS) is 23.2. The van der Waals surface area contributed by atoms with Gasteiger partial charge in [-0.3, -0.25) is 4.79 Å². The van der Waals surface area contributed by atoms with Gasteiger partial charge >= 0.3 is 0 Å². The molecule has 0 saturated carbocycles. The van der Waals surface area contributed by atoms with Crippen LogP contribution in [0.2, 0.25) is 0 Å². The smallest absolute Gasteiger partial charge is 0.272 e. The maximum Gasteiger partial charge on any atom is 0.272 e. The number of aliphatic hydroxyl groups excluding tert-OH is 1. The van der Waals surface area contributed by atoms with Gasteiger partial charge in [0.05, 0.1) is 12.1 Å². The predicted molar refractivity (Wildman–Crippen MR) is 71.8 cm³/mol. The predicted octanol–water partition coefficient (Wildman–Crippen LogP) is -1.55. The molecule has 9 nitrogen and oxygen atoms in total. The third kappa shape index (κ3) is 2.96. The van der Waals surface area contributed by atoms with Crippen molar-refractivity contribution in [2.24, 2.45) is 0 Å². The molecule has 20 heavy (non-hydrogen) atoms. The van der Waals surface area contributed by atoms with Gasteiger partial charge in [-0.1, -0.05) is 11.3 Å². The van der Waals surface area contributed by atoms with Gasteiger partial charge in [0.2, 0.25) is 15.4 Å². The van der Waals surface area contributed by atoms with Gasteiger partial charge in [-0.05, 0) is 0 Å². The molecule has 0 aromatic carbocycles. The number of hydrogen-bond donors (Lipinski definition) is 3. The molecule has 11 heteroatoms. The largest absolute Gasteiger partial charge is 0.390 e. The Bertz CT molecular complexity index is 601. The van der Waals surface area contributed by atoms with Gasteiger partial charge in [-0.2, -0.15) is 4.31 Å². The van der Waals surface area contributed by atoms with E-state index in [1.807, 2.05) is 0 Å². The third-order valence-corrected chi connectivity index (χ3v) is 5.97. The Morgan fingerprint density at radius 3 is 2.75 bits per heavy atom. The van der Waals surface area contributed by atoms with E-state index < -0.39 is 22.2 Å². The molecule has 1 aromatic rings. The molecule has 0 bridgehead atoms. The van der Waals surface area contributed by atoms with Crippen LogP contribution in [-0.2, 0) is 14.8 Å². The highest BCUT2D eigenvalue weighted by Gasteiger charge is 2.37. The van der Waals surface area contributed by atoms with E-state index in [4.69, 9.17) is 0 Å². The van der Waals surface area contributed by atoms with Gasteiger partial charge in [0.15, 0.2) is 0 Å². The monoisotopic (exact) mass is 321 g/mol. The van der Waals surface area contributed by atoms with E-state index in [1.54, 1.807) is 0 Å². The van der Waals surface area contributed by atoms with E-state index in [0.29, 0.717) is 13.1 Å². The fraction of sp³-hybridized carbons (Fsp3) is 0.667. The number of aliphatic hydroxyl groups is 1. The zero-order valence-corrected chi connectivity index (χ0v) is 12.5. The lowest BCUT2D eigenvalue weighted by Gasteiger charge is -2.24. The standard InChI is InChI=1S/C9H15N5O4S2/c1-5(15)11-8-12-13-9(19-8)20(17,18)14(2)6-3-10-4-7(6)16/h6-7,10,16H,3-4H2,1-2H3,(H,11,12,15)/t6-,7-/m1/s1. The second-order valence-electron chi connectivity index (χ2n) is 4.37. The van der Waals surface area contributed by atoms with Crippen molar-refractivity contribution in [3.8, 4) is 0 Å². The van der Waals surface area contributed by atoms with E-state index in [-0.39, 0.29) is 15.4 Å². The molecule has 1 aliphatic rings. The molecule has 1 fully saturated rings. The number of β-amino-alcohol motifs (C(OH)–C–C–N with tert-alkyl or cyclic N) is 1. The molecule has 2 atom stereocenters. The maximum atomic E-state index is 12.3. The SMILES string of the molecule is CC(=O)Nc1nnc(S(=O)(=O)N(C)[C@@H]2CNC[C@H]2O)s1. The molecule has 2 rings (SSSR count). The minimum atomic E-state index is -3.84. The van der Waals surface area contributed by atoms with Crippen LogP contribution in [0, 0.1) is 0 Å². The summed E-state index contributed by atoms with van der Waals surface area (Å²) < 4.78 is 25.6. The zero-order valence-electron chi connectivity index (χ0n) is 10.9. The van der Waals surface area contributed by atoms with Gasteiger partial charge in [0, 0.05) is 27.1 Å². The summed E-state index contributed by atoms with van der Waals surface area (Å²) in [6.45, 7) is 2.01. The number of amides is 1. The molecular weight excluding hydrogens is 306 g/mol. The molecule has 0 aliphatic carbocycles. The number of aromatic nitrogens is 2. The van der Waals surface area contributed by atoms with E-state index in [0.717, 1.165) is 15.6 Å². The van der Waals surface area contributed by atoms with Crippen molar-refractivity contribution in [1.82, 2.24) is 19.8 Å². The Morgan fingerprint density at radius 2 is 2.20 bits per heavy atom. The fourth-order valence-electron chi connectivity index (χ4n) is 1.84. The summed E-state index contributed by atoms with van der Waals surface area (Å²) in [5.41, 5.74) is 0. The molecule has 3 N–H and O–H groups in total. The van der Waals surface area contributed by atoms with E-state index >= 15 is 0 Å². The minimum absolute atomic E-state index is 0.120. The van der Waals surface area contributed by atoms with Crippen molar-refractivity contribution in [1.29, 1.82) is 0 Å². The number of rotatable bonds is 4. The van der Waals surface area contributed by atoms with Crippen molar-refractivity contribution in [3.63, 3.8) is 0 Å². The van der Waals surface area contributed by atoms with Crippen LogP contribution in [0.25, 0.3) is 0 Å². The number of sulfonamides is 1. The average molecular weight is 321 g/mol. The number of nitrogens with zero attached hydrogens (tertiary/aromatic N) is 3. The van der Waals surface area contributed by atoms with Gasteiger partial charge in [-0.15, -0.1) is 10.2 Å². The molecule has 1 amide bonds. The van der Waals surface area contributed by atoms with Crippen LogP contribution in [0.3, 0.4) is 0 Å². The Balaban J connectivity index is 2.21. The van der Waals surface area contributed by atoms with Gasteiger partial charge in [0.1, 0.15) is 0 Å². The summed E-state index contributed by atoms with van der Waals surface area (Å²) >= 11 is 0.771. The highest BCUT2D eigenvalue weighted by atomic mass is 32.2. The van der Waals surface area contributed by atoms with Gasteiger partial charge in [0.25, 0.3) is 10.0 Å². The van der Waals surface area contributed by atoms with Crippen LogP contribution in [0.1, 0.15) is 6.92 Å². The minimum Gasteiger partial charge on any atom is -0.390 e. The van der Waals surface area contributed by atoms with Crippen LogP contribution in [0.15, 0.2) is 4.34 Å². The van der Waals surface area contributed by atoms with Gasteiger partial charge in [-0.25, -0.2) is 8.42 Å². The summed E-state index contributed by atoms with van der Waals surface area (Å²) in [5, 5.41) is 22.3. The van der Waals surface area contributed by atoms with E-state index in [1.165, 1.54) is 14.0 Å². The molecule has 1 aliphatic heterocycles. The number of nitrogens with one attached hydrogen (secondary N) is 2. The first-order chi connectivity index (χ1) is 9.32. The number of carbonyl (C=O) groups is 1. The summed E-state index contributed by atoms with van der Waals surface area (Å²) in [6.07, 6.45) is -0.766. The molecule has 112 valence electrons. The molecule has 1 saturated heterocycles.